The SMILES string of the molecule is Nc1ncnc(Oc2cc(Cl)ccc2Cl)c1[N+](=O)[O-]. The van der Waals surface area contributed by atoms with E-state index in [2.05, 4.69) is 9.97 Å². The van der Waals surface area contributed by atoms with Crippen LogP contribution < -0.4 is 10.5 Å². The van der Waals surface area contributed by atoms with Crippen LogP contribution in [0, 0.1) is 10.1 Å². The van der Waals surface area contributed by atoms with Crippen LogP contribution in [-0.4, -0.2) is 14.9 Å². The molecule has 0 saturated heterocycles. The van der Waals surface area contributed by atoms with Gasteiger partial charge >= 0.3 is 11.6 Å². The number of rotatable bonds is 3. The molecule has 98 valence electrons. The van der Waals surface area contributed by atoms with Gasteiger partial charge in [-0.05, 0) is 12.1 Å². The van der Waals surface area contributed by atoms with Gasteiger partial charge in [0.15, 0.2) is 0 Å². The standard InChI is InChI=1S/C10H6Cl2N4O3/c11-5-1-2-6(12)7(3-5)19-10-8(16(17)18)9(13)14-4-15-10/h1-4H,(H2,13,14,15). The minimum atomic E-state index is -0.733. The van der Waals surface area contributed by atoms with Gasteiger partial charge in [-0.1, -0.05) is 23.2 Å². The molecule has 0 unspecified atom stereocenters. The molecule has 0 fully saturated rings. The van der Waals surface area contributed by atoms with Crippen LogP contribution in [-0.2, 0) is 0 Å². The monoisotopic (exact) mass is 300 g/mol. The normalized spacial score (nSPS) is 10.2. The first-order valence-corrected chi connectivity index (χ1v) is 5.62. The van der Waals surface area contributed by atoms with E-state index in [1.807, 2.05) is 0 Å². The van der Waals surface area contributed by atoms with Gasteiger partial charge in [0.25, 0.3) is 0 Å². The number of nitro groups is 1. The van der Waals surface area contributed by atoms with Gasteiger partial charge in [0, 0.05) is 11.1 Å². The first-order valence-electron chi connectivity index (χ1n) is 4.87. The minimum Gasteiger partial charge on any atom is -0.432 e. The molecular weight excluding hydrogens is 295 g/mol. The van der Waals surface area contributed by atoms with Crippen LogP contribution in [0.15, 0.2) is 24.5 Å². The highest BCUT2D eigenvalue weighted by atomic mass is 35.5. The van der Waals surface area contributed by atoms with Crippen molar-refractivity contribution in [3.63, 3.8) is 0 Å². The summed E-state index contributed by atoms with van der Waals surface area (Å²) in [6, 6.07) is 4.46. The maximum atomic E-state index is 10.9. The molecule has 1 aromatic carbocycles. The van der Waals surface area contributed by atoms with Crippen molar-refractivity contribution in [3.8, 4) is 11.6 Å². The topological polar surface area (TPSA) is 104 Å². The van der Waals surface area contributed by atoms with E-state index in [1.54, 1.807) is 6.07 Å². The lowest BCUT2D eigenvalue weighted by atomic mass is 10.3. The minimum absolute atomic E-state index is 0.135. The predicted molar refractivity (Wildman–Crippen MR) is 69.6 cm³/mol. The van der Waals surface area contributed by atoms with Gasteiger partial charge in [0.05, 0.1) is 9.95 Å². The molecule has 0 saturated carbocycles. The van der Waals surface area contributed by atoms with E-state index in [9.17, 15) is 10.1 Å². The van der Waals surface area contributed by atoms with Crippen molar-refractivity contribution in [2.45, 2.75) is 0 Å². The maximum Gasteiger partial charge on any atom is 0.372 e. The van der Waals surface area contributed by atoms with E-state index in [4.69, 9.17) is 33.7 Å². The second-order valence-corrected chi connectivity index (χ2v) is 4.19. The highest BCUT2D eigenvalue weighted by Crippen LogP contribution is 2.36. The average Bonchev–Trinajstić information content (AvgIpc) is 2.33. The van der Waals surface area contributed by atoms with Crippen LogP contribution in [0.25, 0.3) is 0 Å². The molecule has 0 radical (unpaired) electrons. The first-order chi connectivity index (χ1) is 8.99. The summed E-state index contributed by atoms with van der Waals surface area (Å²) in [7, 11) is 0. The highest BCUT2D eigenvalue weighted by Gasteiger charge is 2.23. The van der Waals surface area contributed by atoms with Crippen molar-refractivity contribution in [2.75, 3.05) is 5.73 Å². The van der Waals surface area contributed by atoms with Crippen LogP contribution in [0.1, 0.15) is 0 Å². The second-order valence-electron chi connectivity index (χ2n) is 3.35. The van der Waals surface area contributed by atoms with Crippen LogP contribution in [0.4, 0.5) is 11.5 Å². The highest BCUT2D eigenvalue weighted by molar-refractivity contribution is 6.34. The summed E-state index contributed by atoms with van der Waals surface area (Å²) in [6.07, 6.45) is 1.05. The molecule has 1 aromatic heterocycles. The summed E-state index contributed by atoms with van der Waals surface area (Å²) in [5.74, 6) is -0.467. The largest absolute Gasteiger partial charge is 0.432 e. The first kappa shape index (κ1) is 13.3. The Morgan fingerprint density at radius 1 is 1.32 bits per heavy atom. The second kappa shape index (κ2) is 5.25. The molecule has 2 aromatic rings. The van der Waals surface area contributed by atoms with Crippen molar-refractivity contribution in [1.82, 2.24) is 9.97 Å². The number of nitrogen functional groups attached to an aromatic ring is 1. The van der Waals surface area contributed by atoms with Crippen molar-refractivity contribution >= 4 is 34.7 Å². The van der Waals surface area contributed by atoms with E-state index in [0.29, 0.717) is 5.02 Å². The molecule has 0 aliphatic heterocycles. The van der Waals surface area contributed by atoms with Gasteiger partial charge in [-0.3, -0.25) is 10.1 Å². The molecule has 0 amide bonds. The van der Waals surface area contributed by atoms with Gasteiger partial charge in [-0.2, -0.15) is 4.98 Å². The number of halogens is 2. The van der Waals surface area contributed by atoms with Gasteiger partial charge in [-0.15, -0.1) is 0 Å². The third kappa shape index (κ3) is 2.83. The van der Waals surface area contributed by atoms with Gasteiger partial charge in [0.1, 0.15) is 12.1 Å². The zero-order chi connectivity index (χ0) is 14.0. The molecule has 0 atom stereocenters. The van der Waals surface area contributed by atoms with Crippen molar-refractivity contribution < 1.29 is 9.66 Å². The van der Waals surface area contributed by atoms with Gasteiger partial charge < -0.3 is 10.5 Å². The summed E-state index contributed by atoms with van der Waals surface area (Å²) >= 11 is 11.7. The maximum absolute atomic E-state index is 10.9. The van der Waals surface area contributed by atoms with Crippen LogP contribution in [0.2, 0.25) is 10.0 Å². The van der Waals surface area contributed by atoms with Crippen molar-refractivity contribution in [3.05, 3.63) is 44.7 Å². The lowest BCUT2D eigenvalue weighted by Gasteiger charge is -2.07. The van der Waals surface area contributed by atoms with Crippen LogP contribution in [0.3, 0.4) is 0 Å². The Balaban J connectivity index is 2.46. The average molecular weight is 301 g/mol. The Morgan fingerprint density at radius 3 is 2.74 bits per heavy atom. The van der Waals surface area contributed by atoms with Gasteiger partial charge in [0.2, 0.25) is 5.82 Å². The number of hydrogen-bond donors (Lipinski definition) is 1. The number of nitrogens with two attached hydrogens (primary N) is 1. The molecule has 0 aliphatic carbocycles. The molecule has 0 spiro atoms. The number of hydrogen-bond acceptors (Lipinski definition) is 6. The predicted octanol–water partition coefficient (Wildman–Crippen LogP) is 3.07. The molecule has 9 heteroatoms. The van der Waals surface area contributed by atoms with Crippen molar-refractivity contribution in [1.29, 1.82) is 0 Å². The summed E-state index contributed by atoms with van der Waals surface area (Å²) in [5, 5.41) is 11.5. The van der Waals surface area contributed by atoms with Crippen molar-refractivity contribution in [2.24, 2.45) is 0 Å². The Kier molecular flexibility index (Phi) is 3.68. The number of ether oxygens (including phenoxy) is 1. The number of anilines is 1. The quantitative estimate of drug-likeness (QED) is 0.690. The molecule has 7 nitrogen and oxygen atoms in total. The number of benzene rings is 1. The van der Waals surface area contributed by atoms with E-state index in [-0.39, 0.29) is 22.5 Å². The molecule has 2 N–H and O–H groups in total. The van der Waals surface area contributed by atoms with Crippen LogP contribution >= 0.6 is 23.2 Å². The molecule has 19 heavy (non-hydrogen) atoms. The summed E-state index contributed by atoms with van der Waals surface area (Å²) in [5.41, 5.74) is 4.88. The fraction of sp³-hybridized carbons (Fsp3) is 0. The molecule has 0 aliphatic rings. The van der Waals surface area contributed by atoms with E-state index in [0.717, 1.165) is 6.33 Å². The van der Waals surface area contributed by atoms with E-state index in [1.165, 1.54) is 12.1 Å². The smallest absolute Gasteiger partial charge is 0.372 e. The zero-order valence-electron chi connectivity index (χ0n) is 9.21. The van der Waals surface area contributed by atoms with Crippen LogP contribution in [0.5, 0.6) is 11.6 Å². The fourth-order valence-electron chi connectivity index (χ4n) is 1.28. The molecule has 2 rings (SSSR count). The number of aromatic nitrogens is 2. The molecular formula is C10H6Cl2N4O3. The Hall–Kier alpha value is -2.12. The Labute approximate surface area is 117 Å². The van der Waals surface area contributed by atoms with Gasteiger partial charge in [-0.25, -0.2) is 4.98 Å². The molecule has 1 heterocycles. The summed E-state index contributed by atoms with van der Waals surface area (Å²) < 4.78 is 5.27. The Morgan fingerprint density at radius 2 is 2.05 bits per heavy atom. The summed E-state index contributed by atoms with van der Waals surface area (Å²) in [4.78, 5) is 17.4. The lowest BCUT2D eigenvalue weighted by molar-refractivity contribution is -0.385. The summed E-state index contributed by atoms with van der Waals surface area (Å²) in [6.45, 7) is 0. The number of nitrogens with zero attached hydrogens (tertiary/aromatic N) is 3. The lowest BCUT2D eigenvalue weighted by Crippen LogP contribution is -2.02. The third-order valence-electron chi connectivity index (χ3n) is 2.10. The van der Waals surface area contributed by atoms with E-state index >= 15 is 0 Å². The zero-order valence-corrected chi connectivity index (χ0v) is 10.7. The molecule has 0 bridgehead atoms. The fourth-order valence-corrected chi connectivity index (χ4v) is 1.60. The Bertz CT molecular complexity index is 651. The van der Waals surface area contributed by atoms with E-state index < -0.39 is 10.6 Å². The third-order valence-corrected chi connectivity index (χ3v) is 2.65.